The number of piperidine rings is 1. The predicted octanol–water partition coefficient (Wildman–Crippen LogP) is 2.29. The van der Waals surface area contributed by atoms with Gasteiger partial charge in [-0.3, -0.25) is 14.5 Å². The fourth-order valence-electron chi connectivity index (χ4n) is 2.74. The summed E-state index contributed by atoms with van der Waals surface area (Å²) in [4.78, 5) is 25.9. The summed E-state index contributed by atoms with van der Waals surface area (Å²) in [5.41, 5.74) is 0.728. The van der Waals surface area contributed by atoms with Gasteiger partial charge in [0.25, 0.3) is 0 Å². The summed E-state index contributed by atoms with van der Waals surface area (Å²) < 4.78 is 4.81. The Morgan fingerprint density at radius 3 is 2.78 bits per heavy atom. The van der Waals surface area contributed by atoms with Crippen LogP contribution in [0.15, 0.2) is 18.2 Å². The van der Waals surface area contributed by atoms with Gasteiger partial charge >= 0.3 is 5.97 Å². The highest BCUT2D eigenvalue weighted by atomic mass is 35.5. The average molecular weight is 359 g/mol. The van der Waals surface area contributed by atoms with Crippen molar-refractivity contribution in [2.75, 3.05) is 20.7 Å². The minimum Gasteiger partial charge on any atom is -0.468 e. The third-order valence-corrected chi connectivity index (χ3v) is 4.66. The van der Waals surface area contributed by atoms with E-state index in [2.05, 4.69) is 5.32 Å². The number of hydrogen-bond donors (Lipinski definition) is 1. The Bertz CT molecular complexity index is 595. The molecule has 23 heavy (non-hydrogen) atoms. The van der Waals surface area contributed by atoms with Gasteiger partial charge in [0.05, 0.1) is 13.5 Å². The monoisotopic (exact) mass is 358 g/mol. The molecule has 5 nitrogen and oxygen atoms in total. The van der Waals surface area contributed by atoms with Crippen molar-refractivity contribution in [2.45, 2.75) is 31.3 Å². The highest BCUT2D eigenvalue weighted by molar-refractivity contribution is 6.35. The second-order valence-electron chi connectivity index (χ2n) is 5.72. The summed E-state index contributed by atoms with van der Waals surface area (Å²) in [6.07, 6.45) is 1.53. The first-order valence-corrected chi connectivity index (χ1v) is 8.17. The second kappa shape index (κ2) is 7.99. The molecule has 0 aromatic heterocycles. The fraction of sp³-hybridized carbons (Fsp3) is 0.500. The van der Waals surface area contributed by atoms with Crippen molar-refractivity contribution >= 4 is 35.1 Å². The molecule has 1 amide bonds. The second-order valence-corrected chi connectivity index (χ2v) is 6.56. The SMILES string of the molecule is COC(=O)C1CC(NC(=O)Cc2ccc(Cl)cc2Cl)CCN1C. The van der Waals surface area contributed by atoms with Crippen LogP contribution in [0.4, 0.5) is 0 Å². The Hall–Kier alpha value is -1.30. The summed E-state index contributed by atoms with van der Waals surface area (Å²) in [6, 6.07) is 4.70. The maximum atomic E-state index is 12.2. The van der Waals surface area contributed by atoms with E-state index in [0.29, 0.717) is 16.5 Å². The van der Waals surface area contributed by atoms with Crippen LogP contribution in [0.3, 0.4) is 0 Å². The highest BCUT2D eigenvalue weighted by Gasteiger charge is 2.32. The molecule has 0 bridgehead atoms. The number of hydrogen-bond acceptors (Lipinski definition) is 4. The van der Waals surface area contributed by atoms with Crippen LogP contribution in [-0.2, 0) is 20.7 Å². The number of methoxy groups -OCH3 is 1. The van der Waals surface area contributed by atoms with Crippen molar-refractivity contribution in [1.29, 1.82) is 0 Å². The van der Waals surface area contributed by atoms with E-state index in [1.807, 2.05) is 11.9 Å². The molecule has 0 spiro atoms. The molecule has 1 aliphatic heterocycles. The maximum absolute atomic E-state index is 12.2. The van der Waals surface area contributed by atoms with E-state index in [9.17, 15) is 9.59 Å². The van der Waals surface area contributed by atoms with E-state index in [4.69, 9.17) is 27.9 Å². The quantitative estimate of drug-likeness (QED) is 0.838. The van der Waals surface area contributed by atoms with Gasteiger partial charge in [0.15, 0.2) is 0 Å². The molecule has 2 rings (SSSR count). The lowest BCUT2D eigenvalue weighted by molar-refractivity contribution is -0.148. The van der Waals surface area contributed by atoms with E-state index >= 15 is 0 Å². The van der Waals surface area contributed by atoms with Crippen LogP contribution in [0.2, 0.25) is 10.0 Å². The number of ether oxygens (including phenoxy) is 1. The van der Waals surface area contributed by atoms with Crippen molar-refractivity contribution in [3.8, 4) is 0 Å². The molecule has 0 saturated carbocycles. The molecule has 1 aliphatic rings. The number of carbonyl (C=O) groups excluding carboxylic acids is 2. The van der Waals surface area contributed by atoms with Gasteiger partial charge in [-0.25, -0.2) is 0 Å². The minimum atomic E-state index is -0.321. The normalized spacial score (nSPS) is 21.7. The number of nitrogens with one attached hydrogen (secondary N) is 1. The molecule has 0 aliphatic carbocycles. The van der Waals surface area contributed by atoms with Gasteiger partial charge < -0.3 is 10.1 Å². The van der Waals surface area contributed by atoms with E-state index in [-0.39, 0.29) is 30.4 Å². The average Bonchev–Trinajstić information content (AvgIpc) is 2.51. The van der Waals surface area contributed by atoms with E-state index in [1.165, 1.54) is 7.11 Å². The molecule has 126 valence electrons. The van der Waals surface area contributed by atoms with Crippen molar-refractivity contribution in [3.63, 3.8) is 0 Å². The molecule has 1 heterocycles. The number of benzene rings is 1. The molecule has 1 fully saturated rings. The molecular formula is C16H20Cl2N2O3. The molecule has 1 saturated heterocycles. The predicted molar refractivity (Wildman–Crippen MR) is 89.8 cm³/mol. The highest BCUT2D eigenvalue weighted by Crippen LogP contribution is 2.22. The minimum absolute atomic E-state index is 0.0473. The van der Waals surface area contributed by atoms with Gasteiger partial charge in [-0.05, 0) is 37.6 Å². The maximum Gasteiger partial charge on any atom is 0.323 e. The lowest BCUT2D eigenvalue weighted by Gasteiger charge is -2.35. The first-order chi connectivity index (χ1) is 10.9. The van der Waals surface area contributed by atoms with Gasteiger partial charge in [-0.15, -0.1) is 0 Å². The van der Waals surface area contributed by atoms with Crippen LogP contribution < -0.4 is 5.32 Å². The van der Waals surface area contributed by atoms with Crippen LogP contribution in [0.25, 0.3) is 0 Å². The lowest BCUT2D eigenvalue weighted by Crippen LogP contribution is -2.52. The Morgan fingerprint density at radius 1 is 1.39 bits per heavy atom. The van der Waals surface area contributed by atoms with Crippen LogP contribution in [0.1, 0.15) is 18.4 Å². The third-order valence-electron chi connectivity index (χ3n) is 4.07. The Kier molecular flexibility index (Phi) is 6.27. The van der Waals surface area contributed by atoms with Gasteiger partial charge in [-0.1, -0.05) is 29.3 Å². The first kappa shape index (κ1) is 18.0. The van der Waals surface area contributed by atoms with Crippen molar-refractivity contribution in [3.05, 3.63) is 33.8 Å². The number of amides is 1. The van der Waals surface area contributed by atoms with Crippen LogP contribution in [0, 0.1) is 0 Å². The summed E-state index contributed by atoms with van der Waals surface area (Å²) in [6.45, 7) is 0.729. The number of halogens is 2. The number of likely N-dealkylation sites (tertiary alicyclic amines) is 1. The summed E-state index contributed by atoms with van der Waals surface area (Å²) in [5.74, 6) is -0.389. The van der Waals surface area contributed by atoms with Crippen molar-refractivity contribution < 1.29 is 14.3 Å². The molecule has 1 aromatic rings. The molecule has 1 N–H and O–H groups in total. The Labute approximate surface area is 145 Å². The molecule has 7 heteroatoms. The molecular weight excluding hydrogens is 339 g/mol. The van der Waals surface area contributed by atoms with E-state index in [1.54, 1.807) is 18.2 Å². The molecule has 2 atom stereocenters. The van der Waals surface area contributed by atoms with Crippen molar-refractivity contribution in [2.24, 2.45) is 0 Å². The zero-order chi connectivity index (χ0) is 17.0. The van der Waals surface area contributed by atoms with Crippen LogP contribution >= 0.6 is 23.2 Å². The van der Waals surface area contributed by atoms with Crippen molar-refractivity contribution in [1.82, 2.24) is 10.2 Å². The van der Waals surface area contributed by atoms with Gasteiger partial charge in [0.2, 0.25) is 5.91 Å². The number of rotatable bonds is 4. The lowest BCUT2D eigenvalue weighted by atomic mass is 9.97. The van der Waals surface area contributed by atoms with Crippen LogP contribution in [0.5, 0.6) is 0 Å². The van der Waals surface area contributed by atoms with Gasteiger partial charge in [-0.2, -0.15) is 0 Å². The smallest absolute Gasteiger partial charge is 0.323 e. The van der Waals surface area contributed by atoms with Gasteiger partial charge in [0.1, 0.15) is 6.04 Å². The standard InChI is InChI=1S/C16H20Cl2N2O3/c1-20-6-5-12(9-14(20)16(22)23-2)19-15(21)7-10-3-4-11(17)8-13(10)18/h3-4,8,12,14H,5-7,9H2,1-2H3,(H,19,21). The number of esters is 1. The largest absolute Gasteiger partial charge is 0.468 e. The van der Waals surface area contributed by atoms with E-state index in [0.717, 1.165) is 18.5 Å². The zero-order valence-electron chi connectivity index (χ0n) is 13.1. The van der Waals surface area contributed by atoms with Gasteiger partial charge in [0, 0.05) is 22.6 Å². The molecule has 2 unspecified atom stereocenters. The molecule has 0 radical (unpaired) electrons. The zero-order valence-corrected chi connectivity index (χ0v) is 14.7. The summed E-state index contributed by atoms with van der Waals surface area (Å²) in [7, 11) is 3.26. The van der Waals surface area contributed by atoms with Crippen LogP contribution in [-0.4, -0.2) is 49.6 Å². The number of carbonyl (C=O) groups is 2. The topological polar surface area (TPSA) is 58.6 Å². The van der Waals surface area contributed by atoms with E-state index < -0.39 is 0 Å². The molecule has 1 aromatic carbocycles. The Morgan fingerprint density at radius 2 is 2.13 bits per heavy atom. The Balaban J connectivity index is 1.93. The number of likely N-dealkylation sites (N-methyl/N-ethyl adjacent to an activating group) is 1. The fourth-order valence-corrected chi connectivity index (χ4v) is 3.22. The first-order valence-electron chi connectivity index (χ1n) is 7.42. The number of nitrogens with zero attached hydrogens (tertiary/aromatic N) is 1. The third kappa shape index (κ3) is 4.83. The summed E-state index contributed by atoms with van der Waals surface area (Å²) >= 11 is 11.9. The summed E-state index contributed by atoms with van der Waals surface area (Å²) in [5, 5.41) is 3.99.